The Morgan fingerprint density at radius 1 is 1.30 bits per heavy atom. The summed E-state index contributed by atoms with van der Waals surface area (Å²) in [5.74, 6) is 0.453. The van der Waals surface area contributed by atoms with Crippen LogP contribution in [-0.2, 0) is 21.4 Å². The minimum Gasteiger partial charge on any atom is -0.351 e. The first-order chi connectivity index (χ1) is 12.8. The molecule has 2 aromatic rings. The molecule has 3 heterocycles. The minimum absolute atomic E-state index is 0.261. The van der Waals surface area contributed by atoms with Crippen molar-refractivity contribution in [3.8, 4) is 5.82 Å². The van der Waals surface area contributed by atoms with Crippen LogP contribution in [0.15, 0.2) is 24.4 Å². The average molecular weight is 391 g/mol. The predicted molar refractivity (Wildman–Crippen MR) is 102 cm³/mol. The van der Waals surface area contributed by atoms with Gasteiger partial charge in [0.15, 0.2) is 5.82 Å². The molecule has 2 aromatic heterocycles. The van der Waals surface area contributed by atoms with Gasteiger partial charge in [-0.25, -0.2) is 18.1 Å². The standard InChI is InChI=1S/C18H25N5O3S/c1-13-10-14(2)23(21-13)17-8-7-15(11-19-17)12-20-18(24)16-6-4-5-9-22(16)27(3,25)26/h7-8,10-11,16H,4-6,9,12H2,1-3H3,(H,20,24)/t16-/m1/s1. The fourth-order valence-corrected chi connectivity index (χ4v) is 4.50. The number of aromatic nitrogens is 3. The Morgan fingerprint density at radius 2 is 2.07 bits per heavy atom. The van der Waals surface area contributed by atoms with Crippen LogP contribution in [0, 0.1) is 13.8 Å². The van der Waals surface area contributed by atoms with Crippen molar-refractivity contribution in [2.75, 3.05) is 12.8 Å². The van der Waals surface area contributed by atoms with E-state index in [2.05, 4.69) is 15.4 Å². The zero-order valence-electron chi connectivity index (χ0n) is 15.8. The summed E-state index contributed by atoms with van der Waals surface area (Å²) in [6.07, 6.45) is 5.03. The second-order valence-electron chi connectivity index (χ2n) is 6.97. The van der Waals surface area contributed by atoms with Gasteiger partial charge in [0.25, 0.3) is 0 Å². The number of aryl methyl sites for hydroxylation is 2. The smallest absolute Gasteiger partial charge is 0.238 e. The minimum atomic E-state index is -3.39. The topological polar surface area (TPSA) is 97.2 Å². The van der Waals surface area contributed by atoms with Gasteiger partial charge in [-0.3, -0.25) is 4.79 Å². The molecule has 0 unspecified atom stereocenters. The van der Waals surface area contributed by atoms with E-state index in [4.69, 9.17) is 0 Å². The molecule has 1 N–H and O–H groups in total. The van der Waals surface area contributed by atoms with Crippen molar-refractivity contribution >= 4 is 15.9 Å². The van der Waals surface area contributed by atoms with Crippen LogP contribution < -0.4 is 5.32 Å². The molecule has 1 fully saturated rings. The number of piperidine rings is 1. The Labute approximate surface area is 159 Å². The quantitative estimate of drug-likeness (QED) is 0.829. The van der Waals surface area contributed by atoms with Crippen molar-refractivity contribution in [1.29, 1.82) is 0 Å². The molecule has 0 bridgehead atoms. The Hall–Kier alpha value is -2.26. The zero-order valence-corrected chi connectivity index (χ0v) is 16.7. The summed E-state index contributed by atoms with van der Waals surface area (Å²) in [5, 5.41) is 7.24. The molecule has 0 aromatic carbocycles. The molecule has 1 saturated heterocycles. The van der Waals surface area contributed by atoms with Gasteiger partial charge in [-0.2, -0.15) is 9.40 Å². The number of nitrogens with zero attached hydrogens (tertiary/aromatic N) is 4. The molecule has 1 aliphatic heterocycles. The van der Waals surface area contributed by atoms with E-state index in [-0.39, 0.29) is 5.91 Å². The van der Waals surface area contributed by atoms with Crippen molar-refractivity contribution in [3.63, 3.8) is 0 Å². The predicted octanol–water partition coefficient (Wildman–Crippen LogP) is 1.31. The van der Waals surface area contributed by atoms with Crippen LogP contribution in [0.25, 0.3) is 5.82 Å². The number of carbonyl (C=O) groups excluding carboxylic acids is 1. The number of sulfonamides is 1. The van der Waals surface area contributed by atoms with Crippen LogP contribution in [0.5, 0.6) is 0 Å². The van der Waals surface area contributed by atoms with Crippen LogP contribution in [-0.4, -0.2) is 52.2 Å². The van der Waals surface area contributed by atoms with Gasteiger partial charge in [-0.15, -0.1) is 0 Å². The third-order valence-corrected chi connectivity index (χ3v) is 5.97. The summed E-state index contributed by atoms with van der Waals surface area (Å²) in [6.45, 7) is 4.60. The summed E-state index contributed by atoms with van der Waals surface area (Å²) in [6, 6.07) is 5.09. The second kappa shape index (κ2) is 7.77. The third kappa shape index (κ3) is 4.54. The van der Waals surface area contributed by atoms with E-state index < -0.39 is 16.1 Å². The van der Waals surface area contributed by atoms with Gasteiger partial charge in [0.2, 0.25) is 15.9 Å². The molecule has 146 valence electrons. The Morgan fingerprint density at radius 3 is 2.67 bits per heavy atom. The molecule has 1 atom stereocenters. The molecule has 0 aliphatic carbocycles. The van der Waals surface area contributed by atoms with Crippen LogP contribution >= 0.6 is 0 Å². The van der Waals surface area contributed by atoms with Crippen LogP contribution in [0.2, 0.25) is 0 Å². The third-order valence-electron chi connectivity index (χ3n) is 4.68. The van der Waals surface area contributed by atoms with Crippen LogP contribution in [0.1, 0.15) is 36.2 Å². The summed E-state index contributed by atoms with van der Waals surface area (Å²) >= 11 is 0. The molecular formula is C18H25N5O3S. The SMILES string of the molecule is Cc1cc(C)n(-c2ccc(CNC(=O)[C@H]3CCCCN3S(C)(=O)=O)cn2)n1. The van der Waals surface area contributed by atoms with Crippen molar-refractivity contribution in [2.24, 2.45) is 0 Å². The lowest BCUT2D eigenvalue weighted by molar-refractivity contribution is -0.125. The number of hydrogen-bond donors (Lipinski definition) is 1. The monoisotopic (exact) mass is 391 g/mol. The van der Waals surface area contributed by atoms with Gasteiger partial charge < -0.3 is 5.32 Å². The van der Waals surface area contributed by atoms with Crippen LogP contribution in [0.4, 0.5) is 0 Å². The Balaban J connectivity index is 1.64. The molecule has 8 nitrogen and oxygen atoms in total. The number of carbonyl (C=O) groups is 1. The summed E-state index contributed by atoms with van der Waals surface area (Å²) in [5.41, 5.74) is 2.77. The fraction of sp³-hybridized carbons (Fsp3) is 0.500. The van der Waals surface area contributed by atoms with Gasteiger partial charge in [-0.1, -0.05) is 12.5 Å². The highest BCUT2D eigenvalue weighted by Crippen LogP contribution is 2.20. The number of amides is 1. The average Bonchev–Trinajstić information content (AvgIpc) is 2.97. The molecule has 0 saturated carbocycles. The highest BCUT2D eigenvalue weighted by Gasteiger charge is 2.34. The van der Waals surface area contributed by atoms with Gasteiger partial charge >= 0.3 is 0 Å². The van der Waals surface area contributed by atoms with Crippen molar-refractivity contribution in [3.05, 3.63) is 41.3 Å². The summed E-state index contributed by atoms with van der Waals surface area (Å²) in [7, 11) is -3.39. The summed E-state index contributed by atoms with van der Waals surface area (Å²) < 4.78 is 26.9. The number of pyridine rings is 1. The van der Waals surface area contributed by atoms with Crippen molar-refractivity contribution in [2.45, 2.75) is 45.7 Å². The van der Waals surface area contributed by atoms with Crippen LogP contribution in [0.3, 0.4) is 0 Å². The normalized spacial score (nSPS) is 18.4. The molecule has 3 rings (SSSR count). The van der Waals surface area contributed by atoms with Crippen molar-refractivity contribution < 1.29 is 13.2 Å². The number of nitrogens with one attached hydrogen (secondary N) is 1. The molecule has 1 aliphatic rings. The maximum absolute atomic E-state index is 12.5. The van der Waals surface area contributed by atoms with E-state index in [9.17, 15) is 13.2 Å². The molecule has 9 heteroatoms. The number of hydrogen-bond acceptors (Lipinski definition) is 5. The van der Waals surface area contributed by atoms with E-state index in [1.165, 1.54) is 4.31 Å². The second-order valence-corrected chi connectivity index (χ2v) is 8.90. The lowest BCUT2D eigenvalue weighted by Gasteiger charge is -2.32. The first kappa shape index (κ1) is 19.5. The van der Waals surface area contributed by atoms with Gasteiger partial charge in [0, 0.05) is 25.0 Å². The Kier molecular flexibility index (Phi) is 5.61. The molecular weight excluding hydrogens is 366 g/mol. The highest BCUT2D eigenvalue weighted by atomic mass is 32.2. The lowest BCUT2D eigenvalue weighted by atomic mass is 10.0. The molecule has 0 spiro atoms. The van der Waals surface area contributed by atoms with Gasteiger partial charge in [0.05, 0.1) is 11.9 Å². The highest BCUT2D eigenvalue weighted by molar-refractivity contribution is 7.88. The molecule has 0 radical (unpaired) electrons. The first-order valence-corrected chi connectivity index (χ1v) is 10.8. The molecule has 27 heavy (non-hydrogen) atoms. The van der Waals surface area contributed by atoms with Gasteiger partial charge in [-0.05, 0) is 44.4 Å². The van der Waals surface area contributed by atoms with E-state index in [0.29, 0.717) is 25.3 Å². The zero-order chi connectivity index (χ0) is 19.6. The molecule has 1 amide bonds. The van der Waals surface area contributed by atoms with E-state index >= 15 is 0 Å². The van der Waals surface area contributed by atoms with E-state index in [0.717, 1.165) is 36.0 Å². The summed E-state index contributed by atoms with van der Waals surface area (Å²) in [4.78, 5) is 16.9. The maximum Gasteiger partial charge on any atom is 0.238 e. The van der Waals surface area contributed by atoms with E-state index in [1.54, 1.807) is 10.9 Å². The van der Waals surface area contributed by atoms with E-state index in [1.807, 2.05) is 32.0 Å². The van der Waals surface area contributed by atoms with Gasteiger partial charge in [0.1, 0.15) is 6.04 Å². The fourth-order valence-electron chi connectivity index (χ4n) is 3.38. The van der Waals surface area contributed by atoms with Crippen molar-refractivity contribution in [1.82, 2.24) is 24.4 Å². The lowest BCUT2D eigenvalue weighted by Crippen LogP contribution is -2.51. The largest absolute Gasteiger partial charge is 0.351 e. The number of rotatable bonds is 5. The maximum atomic E-state index is 12.5. The first-order valence-electron chi connectivity index (χ1n) is 8.99. The Bertz CT molecular complexity index is 921.